The van der Waals surface area contributed by atoms with E-state index in [-0.39, 0.29) is 24.4 Å². The summed E-state index contributed by atoms with van der Waals surface area (Å²) in [6.07, 6.45) is 0. The fraction of sp³-hybridized carbons (Fsp3) is 0.167. The smallest absolute Gasteiger partial charge is 0.251 e. The Morgan fingerprint density at radius 2 is 1.41 bits per heavy atom. The van der Waals surface area contributed by atoms with Crippen molar-refractivity contribution in [2.45, 2.75) is 13.0 Å². The van der Waals surface area contributed by atoms with E-state index < -0.39 is 0 Å². The van der Waals surface area contributed by atoms with Crippen molar-refractivity contribution in [1.29, 1.82) is 0 Å². The van der Waals surface area contributed by atoms with Gasteiger partial charge >= 0.3 is 0 Å². The van der Waals surface area contributed by atoms with Gasteiger partial charge in [-0.2, -0.15) is 0 Å². The molecule has 2 amide bonds. The second-order valence-corrected chi connectivity index (χ2v) is 6.74. The van der Waals surface area contributed by atoms with Gasteiger partial charge in [0.2, 0.25) is 0 Å². The number of nitrogens with one attached hydrogen (secondary N) is 2. The summed E-state index contributed by atoms with van der Waals surface area (Å²) in [6, 6.07) is 23.5. The van der Waals surface area contributed by atoms with Crippen molar-refractivity contribution in [1.82, 2.24) is 10.6 Å². The molecule has 3 aromatic carbocycles. The van der Waals surface area contributed by atoms with Gasteiger partial charge in [-0.25, -0.2) is 0 Å². The fourth-order valence-electron chi connectivity index (χ4n) is 2.92. The molecule has 0 radical (unpaired) electrons. The van der Waals surface area contributed by atoms with Crippen LogP contribution in [-0.4, -0.2) is 25.5 Å². The van der Waals surface area contributed by atoms with Crippen molar-refractivity contribution in [3.05, 3.63) is 101 Å². The Morgan fingerprint density at radius 3 is 2.03 bits per heavy atom. The largest absolute Gasteiger partial charge is 0.497 e. The molecule has 2 N–H and O–H groups in total. The Kier molecular flexibility index (Phi) is 6.63. The average molecular weight is 388 g/mol. The van der Waals surface area contributed by atoms with Gasteiger partial charge in [0.25, 0.3) is 11.8 Å². The van der Waals surface area contributed by atoms with Crippen LogP contribution in [0.4, 0.5) is 0 Å². The van der Waals surface area contributed by atoms with Crippen molar-refractivity contribution in [2.75, 3.05) is 13.7 Å². The highest BCUT2D eigenvalue weighted by atomic mass is 16.5. The molecule has 5 nitrogen and oxygen atoms in total. The standard InChI is InChI=1S/C24H24N2O3/c1-17-8-10-19(11-9-17)23(27)25-16-22(18-6-4-3-5-7-18)26-24(28)20-12-14-21(29-2)15-13-20/h3-15,22H,16H2,1-2H3,(H,25,27)(H,26,28). The summed E-state index contributed by atoms with van der Waals surface area (Å²) in [5, 5.41) is 5.93. The molecular weight excluding hydrogens is 364 g/mol. The fourth-order valence-corrected chi connectivity index (χ4v) is 2.92. The van der Waals surface area contributed by atoms with Gasteiger partial charge in [-0.05, 0) is 48.9 Å². The van der Waals surface area contributed by atoms with E-state index in [0.29, 0.717) is 16.9 Å². The number of aryl methyl sites for hydroxylation is 1. The number of carbonyl (C=O) groups excluding carboxylic acids is 2. The molecule has 29 heavy (non-hydrogen) atoms. The van der Waals surface area contributed by atoms with E-state index in [1.54, 1.807) is 43.5 Å². The monoisotopic (exact) mass is 388 g/mol. The normalized spacial score (nSPS) is 11.4. The SMILES string of the molecule is COc1ccc(C(=O)NC(CNC(=O)c2ccc(C)cc2)c2ccccc2)cc1. The summed E-state index contributed by atoms with van der Waals surface area (Å²) in [6.45, 7) is 2.25. The summed E-state index contributed by atoms with van der Waals surface area (Å²) in [7, 11) is 1.58. The number of methoxy groups -OCH3 is 1. The minimum absolute atomic E-state index is 0.176. The molecule has 5 heteroatoms. The van der Waals surface area contributed by atoms with Crippen LogP contribution in [0.1, 0.15) is 37.9 Å². The van der Waals surface area contributed by atoms with E-state index in [9.17, 15) is 9.59 Å². The van der Waals surface area contributed by atoms with Crippen molar-refractivity contribution in [3.63, 3.8) is 0 Å². The van der Waals surface area contributed by atoms with E-state index in [2.05, 4.69) is 10.6 Å². The van der Waals surface area contributed by atoms with Crippen LogP contribution in [0.3, 0.4) is 0 Å². The van der Waals surface area contributed by atoms with E-state index in [1.807, 2.05) is 49.4 Å². The maximum Gasteiger partial charge on any atom is 0.251 e. The molecular formula is C24H24N2O3. The predicted molar refractivity (Wildman–Crippen MR) is 113 cm³/mol. The van der Waals surface area contributed by atoms with Crippen LogP contribution in [0.2, 0.25) is 0 Å². The maximum absolute atomic E-state index is 12.7. The first-order valence-corrected chi connectivity index (χ1v) is 9.41. The molecule has 0 aromatic heterocycles. The highest BCUT2D eigenvalue weighted by molar-refractivity contribution is 5.95. The van der Waals surface area contributed by atoms with Crippen molar-refractivity contribution < 1.29 is 14.3 Å². The molecule has 3 aromatic rings. The molecule has 0 aliphatic carbocycles. The lowest BCUT2D eigenvalue weighted by atomic mass is 10.1. The first-order chi connectivity index (χ1) is 14.1. The molecule has 1 atom stereocenters. The number of amides is 2. The second kappa shape index (κ2) is 9.55. The zero-order valence-corrected chi connectivity index (χ0v) is 16.5. The summed E-state index contributed by atoms with van der Waals surface area (Å²) in [5.74, 6) is 0.294. The molecule has 0 aliphatic rings. The molecule has 0 fully saturated rings. The Morgan fingerprint density at radius 1 is 0.828 bits per heavy atom. The molecule has 0 bridgehead atoms. The number of benzene rings is 3. The van der Waals surface area contributed by atoms with Crippen LogP contribution in [0.5, 0.6) is 5.75 Å². The first kappa shape index (κ1) is 20.1. The number of hydrogen-bond acceptors (Lipinski definition) is 3. The van der Waals surface area contributed by atoms with Crippen LogP contribution >= 0.6 is 0 Å². The van der Waals surface area contributed by atoms with Gasteiger partial charge < -0.3 is 15.4 Å². The van der Waals surface area contributed by atoms with Crippen LogP contribution in [-0.2, 0) is 0 Å². The Balaban J connectivity index is 1.71. The quantitative estimate of drug-likeness (QED) is 0.645. The number of ether oxygens (including phenoxy) is 1. The lowest BCUT2D eigenvalue weighted by Gasteiger charge is -2.20. The lowest BCUT2D eigenvalue weighted by molar-refractivity contribution is 0.0908. The molecule has 148 valence electrons. The third-order valence-electron chi connectivity index (χ3n) is 4.64. The van der Waals surface area contributed by atoms with Crippen molar-refractivity contribution in [2.24, 2.45) is 0 Å². The molecule has 0 heterocycles. The van der Waals surface area contributed by atoms with Crippen LogP contribution < -0.4 is 15.4 Å². The molecule has 0 saturated carbocycles. The average Bonchev–Trinajstić information content (AvgIpc) is 2.77. The molecule has 0 saturated heterocycles. The zero-order valence-electron chi connectivity index (χ0n) is 16.5. The van der Waals surface area contributed by atoms with Crippen LogP contribution in [0.25, 0.3) is 0 Å². The van der Waals surface area contributed by atoms with Crippen LogP contribution in [0.15, 0.2) is 78.9 Å². The van der Waals surface area contributed by atoms with Crippen molar-refractivity contribution in [3.8, 4) is 5.75 Å². The van der Waals surface area contributed by atoms with Gasteiger partial charge in [-0.1, -0.05) is 48.0 Å². The maximum atomic E-state index is 12.7. The number of hydrogen-bond donors (Lipinski definition) is 2. The second-order valence-electron chi connectivity index (χ2n) is 6.74. The molecule has 1 unspecified atom stereocenters. The van der Waals surface area contributed by atoms with Gasteiger partial charge in [0.05, 0.1) is 13.2 Å². The number of rotatable bonds is 7. The Bertz CT molecular complexity index is 952. The summed E-state index contributed by atoms with van der Waals surface area (Å²) in [5.41, 5.74) is 3.12. The predicted octanol–water partition coefficient (Wildman–Crippen LogP) is 3.90. The number of carbonyl (C=O) groups is 2. The highest BCUT2D eigenvalue weighted by Crippen LogP contribution is 2.15. The molecule has 0 aliphatic heterocycles. The summed E-state index contributed by atoms with van der Waals surface area (Å²) >= 11 is 0. The van der Waals surface area contributed by atoms with Crippen molar-refractivity contribution >= 4 is 11.8 Å². The minimum atomic E-state index is -0.361. The zero-order chi connectivity index (χ0) is 20.6. The lowest BCUT2D eigenvalue weighted by Crippen LogP contribution is -2.38. The van der Waals surface area contributed by atoms with Gasteiger partial charge in [0, 0.05) is 17.7 Å². The van der Waals surface area contributed by atoms with Gasteiger partial charge in [-0.15, -0.1) is 0 Å². The van der Waals surface area contributed by atoms with E-state index in [4.69, 9.17) is 4.74 Å². The van der Waals surface area contributed by atoms with Gasteiger partial charge in [0.15, 0.2) is 0 Å². The third-order valence-corrected chi connectivity index (χ3v) is 4.64. The highest BCUT2D eigenvalue weighted by Gasteiger charge is 2.17. The van der Waals surface area contributed by atoms with Gasteiger partial charge in [-0.3, -0.25) is 9.59 Å². The molecule has 0 spiro atoms. The molecule has 3 rings (SSSR count). The summed E-state index contributed by atoms with van der Waals surface area (Å²) < 4.78 is 5.13. The Labute approximate surface area is 170 Å². The summed E-state index contributed by atoms with van der Waals surface area (Å²) in [4.78, 5) is 25.2. The van der Waals surface area contributed by atoms with E-state index >= 15 is 0 Å². The van der Waals surface area contributed by atoms with Gasteiger partial charge in [0.1, 0.15) is 5.75 Å². The third kappa shape index (κ3) is 5.45. The topological polar surface area (TPSA) is 67.4 Å². The van der Waals surface area contributed by atoms with Crippen LogP contribution in [0, 0.1) is 6.92 Å². The minimum Gasteiger partial charge on any atom is -0.497 e. The first-order valence-electron chi connectivity index (χ1n) is 9.41. The Hall–Kier alpha value is -3.60. The van der Waals surface area contributed by atoms with E-state index in [1.165, 1.54) is 0 Å². The van der Waals surface area contributed by atoms with E-state index in [0.717, 1.165) is 11.1 Å².